The summed E-state index contributed by atoms with van der Waals surface area (Å²) in [6.07, 6.45) is 4.94. The molecule has 298 valence electrons. The van der Waals surface area contributed by atoms with Crippen molar-refractivity contribution >= 4 is 34.8 Å². The van der Waals surface area contributed by atoms with E-state index in [0.29, 0.717) is 18.9 Å². The Kier molecular flexibility index (Phi) is 11.3. The summed E-state index contributed by atoms with van der Waals surface area (Å²) in [5, 5.41) is 16.6. The maximum atomic E-state index is 13.6. The molecular weight excluding hydrogens is 725 g/mol. The molecule has 2 fully saturated rings. The number of aromatic nitrogens is 4. The smallest absolute Gasteiger partial charge is 0.407 e. The number of amides is 4. The fourth-order valence-corrected chi connectivity index (χ4v) is 8.10. The number of alkyl carbamates (subject to hydrolysis) is 1. The van der Waals surface area contributed by atoms with Crippen molar-refractivity contribution in [2.75, 3.05) is 20.2 Å². The first-order valence-electron chi connectivity index (χ1n) is 19.6. The molecule has 4 heterocycles. The molecule has 2 saturated heterocycles. The van der Waals surface area contributed by atoms with E-state index in [1.54, 1.807) is 11.1 Å². The molecule has 2 aliphatic heterocycles. The number of rotatable bonds is 11. The molecule has 2 aliphatic rings. The average Bonchev–Trinajstić information content (AvgIpc) is 4.04. The van der Waals surface area contributed by atoms with E-state index in [2.05, 4.69) is 74.1 Å². The highest BCUT2D eigenvalue weighted by Crippen LogP contribution is 2.36. The summed E-state index contributed by atoms with van der Waals surface area (Å²) in [6.45, 7) is 8.60. The van der Waals surface area contributed by atoms with Gasteiger partial charge in [0.15, 0.2) is 0 Å². The number of fused-ring (bicyclic) bond motifs is 1. The SMILES string of the molecule is COC(=O)N[C@H](C(=O)N1CCC[C@H]1c1ncc(-c2cccc(-c3ccc4cc(-c5cnc([C@@H]6CCCN6C(=O)[C@@H](NC(=O)O)C(C)C)[nH]5)ccc4c3)c2)[nH]1)C(C)C. The van der Waals surface area contributed by atoms with Crippen LogP contribution in [-0.4, -0.2) is 91.1 Å². The minimum atomic E-state index is -1.21. The number of aromatic amines is 2. The summed E-state index contributed by atoms with van der Waals surface area (Å²) in [4.78, 5) is 70.3. The molecule has 0 spiro atoms. The summed E-state index contributed by atoms with van der Waals surface area (Å²) in [5.41, 5.74) is 5.75. The highest BCUT2D eigenvalue weighted by molar-refractivity contribution is 5.91. The van der Waals surface area contributed by atoms with Gasteiger partial charge in [-0.2, -0.15) is 0 Å². The molecule has 0 radical (unpaired) electrons. The van der Waals surface area contributed by atoms with Crippen molar-refractivity contribution in [1.82, 2.24) is 40.4 Å². The predicted molar refractivity (Wildman–Crippen MR) is 216 cm³/mol. The molecule has 14 nitrogen and oxygen atoms in total. The zero-order valence-electron chi connectivity index (χ0n) is 32.9. The average molecular weight is 775 g/mol. The highest BCUT2D eigenvalue weighted by atomic mass is 16.5. The molecule has 0 bridgehead atoms. The van der Waals surface area contributed by atoms with E-state index in [9.17, 15) is 24.3 Å². The van der Waals surface area contributed by atoms with Gasteiger partial charge in [-0.15, -0.1) is 0 Å². The molecule has 4 atom stereocenters. The number of nitrogens with zero attached hydrogens (tertiary/aromatic N) is 4. The van der Waals surface area contributed by atoms with Gasteiger partial charge < -0.3 is 40.2 Å². The van der Waals surface area contributed by atoms with Crippen molar-refractivity contribution < 1.29 is 29.0 Å². The minimum absolute atomic E-state index is 0.113. The molecule has 4 amide bonds. The number of carbonyl (C=O) groups is 4. The maximum Gasteiger partial charge on any atom is 0.407 e. The fraction of sp³-hybridized carbons (Fsp3) is 0.395. The maximum absolute atomic E-state index is 13.6. The van der Waals surface area contributed by atoms with Crippen molar-refractivity contribution in [2.45, 2.75) is 77.5 Å². The quantitative estimate of drug-likeness (QED) is 0.0926. The van der Waals surface area contributed by atoms with Crippen LogP contribution in [0.1, 0.15) is 77.1 Å². The Labute approximate surface area is 331 Å². The Bertz CT molecular complexity index is 2280. The molecule has 0 unspecified atom stereocenters. The zero-order valence-corrected chi connectivity index (χ0v) is 32.9. The van der Waals surface area contributed by atoms with Crippen LogP contribution in [0.2, 0.25) is 0 Å². The van der Waals surface area contributed by atoms with Gasteiger partial charge in [0, 0.05) is 24.2 Å². The zero-order chi connectivity index (χ0) is 40.4. The minimum Gasteiger partial charge on any atom is -0.465 e. The Morgan fingerprint density at radius 3 is 1.70 bits per heavy atom. The number of methoxy groups -OCH3 is 1. The Morgan fingerprint density at radius 1 is 0.702 bits per heavy atom. The van der Waals surface area contributed by atoms with Crippen molar-refractivity contribution in [1.29, 1.82) is 0 Å². The molecule has 5 N–H and O–H groups in total. The van der Waals surface area contributed by atoms with Gasteiger partial charge in [0.2, 0.25) is 11.8 Å². The van der Waals surface area contributed by atoms with Crippen LogP contribution in [0.25, 0.3) is 44.4 Å². The Balaban J connectivity index is 1.06. The first-order chi connectivity index (χ1) is 27.4. The highest BCUT2D eigenvalue weighted by Gasteiger charge is 2.39. The second kappa shape index (κ2) is 16.5. The number of hydrogen-bond donors (Lipinski definition) is 5. The van der Waals surface area contributed by atoms with E-state index >= 15 is 0 Å². The summed E-state index contributed by atoms with van der Waals surface area (Å²) in [6, 6.07) is 18.9. The second-order valence-electron chi connectivity index (χ2n) is 15.6. The van der Waals surface area contributed by atoms with Gasteiger partial charge >= 0.3 is 12.2 Å². The lowest BCUT2D eigenvalue weighted by Gasteiger charge is -2.30. The fourth-order valence-electron chi connectivity index (χ4n) is 8.10. The monoisotopic (exact) mass is 774 g/mol. The van der Waals surface area contributed by atoms with Crippen molar-refractivity contribution in [3.05, 3.63) is 84.7 Å². The van der Waals surface area contributed by atoms with Crippen LogP contribution in [0.4, 0.5) is 9.59 Å². The van der Waals surface area contributed by atoms with Crippen molar-refractivity contribution in [2.24, 2.45) is 11.8 Å². The van der Waals surface area contributed by atoms with Crippen LogP contribution < -0.4 is 10.6 Å². The number of carboxylic acid groups (broad SMARTS) is 1. The van der Waals surface area contributed by atoms with Crippen molar-refractivity contribution in [3.8, 4) is 33.6 Å². The van der Waals surface area contributed by atoms with E-state index < -0.39 is 24.3 Å². The molecule has 3 aromatic carbocycles. The first kappa shape index (κ1) is 39.1. The summed E-state index contributed by atoms with van der Waals surface area (Å²) in [7, 11) is 1.29. The van der Waals surface area contributed by atoms with Gasteiger partial charge in [0.1, 0.15) is 23.7 Å². The summed E-state index contributed by atoms with van der Waals surface area (Å²) >= 11 is 0. The molecule has 57 heavy (non-hydrogen) atoms. The Hall–Kier alpha value is -6.18. The van der Waals surface area contributed by atoms with Crippen molar-refractivity contribution in [3.63, 3.8) is 0 Å². The van der Waals surface area contributed by atoms with Gasteiger partial charge in [-0.25, -0.2) is 19.6 Å². The molecule has 7 rings (SSSR count). The molecule has 14 heteroatoms. The van der Waals surface area contributed by atoms with E-state index in [-0.39, 0.29) is 35.7 Å². The molecule has 0 aliphatic carbocycles. The lowest BCUT2D eigenvalue weighted by molar-refractivity contribution is -0.136. The summed E-state index contributed by atoms with van der Waals surface area (Å²) < 4.78 is 4.77. The van der Waals surface area contributed by atoms with Gasteiger partial charge in [0.25, 0.3) is 0 Å². The van der Waals surface area contributed by atoms with Gasteiger partial charge in [-0.1, -0.05) is 70.2 Å². The van der Waals surface area contributed by atoms with Crippen LogP contribution in [0.3, 0.4) is 0 Å². The third-order valence-corrected chi connectivity index (χ3v) is 11.2. The Morgan fingerprint density at radius 2 is 1.18 bits per heavy atom. The number of carbonyl (C=O) groups excluding carboxylic acids is 3. The number of likely N-dealkylation sites (tertiary alicyclic amines) is 2. The number of ether oxygens (including phenoxy) is 1. The lowest BCUT2D eigenvalue weighted by atomic mass is 9.98. The number of imidazole rings is 2. The standard InChI is InChI=1S/C43H50N8O6/c1-24(2)36(48-42(54)55)40(52)50-17-7-11-34(50)39-45-23-33(47-39)31-16-15-28-19-27(13-14-29(28)21-31)26-9-6-10-30(20-26)32-22-44-38(46-32)35-12-8-18-51(35)41(53)37(25(3)4)49-43(56)57-5/h6,9-10,13-16,19-25,34-37,48H,7-8,11-12,17-18H2,1-5H3,(H,44,46)(H,45,47)(H,49,56)(H,54,55)/t34-,35-,36-,37-/m0/s1. The van der Waals surface area contributed by atoms with Crippen LogP contribution in [0.15, 0.2) is 73.1 Å². The van der Waals surface area contributed by atoms with Crippen LogP contribution in [0, 0.1) is 11.8 Å². The van der Waals surface area contributed by atoms with Gasteiger partial charge in [-0.3, -0.25) is 9.59 Å². The largest absolute Gasteiger partial charge is 0.465 e. The normalized spacial score (nSPS) is 17.9. The van der Waals surface area contributed by atoms with E-state index in [1.807, 2.05) is 50.9 Å². The number of benzene rings is 3. The van der Waals surface area contributed by atoms with Crippen LogP contribution >= 0.6 is 0 Å². The number of H-pyrrole nitrogens is 2. The third-order valence-electron chi connectivity index (χ3n) is 11.2. The van der Waals surface area contributed by atoms with Gasteiger partial charge in [0.05, 0.1) is 43.0 Å². The van der Waals surface area contributed by atoms with Crippen LogP contribution in [-0.2, 0) is 14.3 Å². The molecular formula is C43H50N8O6. The van der Waals surface area contributed by atoms with Gasteiger partial charge in [-0.05, 0) is 77.6 Å². The van der Waals surface area contributed by atoms with E-state index in [0.717, 1.165) is 75.9 Å². The third kappa shape index (κ3) is 8.21. The lowest BCUT2D eigenvalue weighted by Crippen LogP contribution is -2.51. The number of hydrogen-bond acceptors (Lipinski definition) is 7. The topological polar surface area (TPSA) is 186 Å². The molecule has 5 aromatic rings. The summed E-state index contributed by atoms with van der Waals surface area (Å²) in [5.74, 6) is 0.729. The van der Waals surface area contributed by atoms with E-state index in [1.165, 1.54) is 7.11 Å². The predicted octanol–water partition coefficient (Wildman–Crippen LogP) is 7.29. The second-order valence-corrected chi connectivity index (χ2v) is 15.6. The molecule has 0 saturated carbocycles. The first-order valence-corrected chi connectivity index (χ1v) is 19.6. The molecule has 2 aromatic heterocycles. The van der Waals surface area contributed by atoms with Crippen LogP contribution in [0.5, 0.6) is 0 Å². The number of nitrogens with one attached hydrogen (secondary N) is 4. The van der Waals surface area contributed by atoms with E-state index in [4.69, 9.17) is 9.72 Å².